The largest absolute Gasteiger partial charge is 0.397 e. The van der Waals surface area contributed by atoms with E-state index in [9.17, 15) is 14.9 Å². The van der Waals surface area contributed by atoms with Crippen LogP contribution in [-0.2, 0) is 4.74 Å². The molecule has 0 spiro atoms. The molecule has 1 aromatic carbocycles. The highest BCUT2D eigenvalue weighted by atomic mass is 35.5. The highest BCUT2D eigenvalue weighted by Crippen LogP contribution is 2.30. The van der Waals surface area contributed by atoms with Crippen molar-refractivity contribution in [2.75, 3.05) is 25.5 Å². The summed E-state index contributed by atoms with van der Waals surface area (Å²) < 4.78 is 5.35. The van der Waals surface area contributed by atoms with Crippen LogP contribution in [0.1, 0.15) is 23.7 Å². The lowest BCUT2D eigenvalue weighted by Gasteiger charge is -2.35. The quantitative estimate of drug-likeness (QED) is 0.523. The number of rotatable bonds is 3. The van der Waals surface area contributed by atoms with Crippen molar-refractivity contribution in [2.24, 2.45) is 0 Å². The molecule has 2 N–H and O–H groups in total. The van der Waals surface area contributed by atoms with E-state index in [-0.39, 0.29) is 33.9 Å². The average molecular weight is 314 g/mol. The van der Waals surface area contributed by atoms with Crippen LogP contribution in [0.3, 0.4) is 0 Å². The number of hydrogen-bond acceptors (Lipinski definition) is 5. The Labute approximate surface area is 126 Å². The number of carbonyl (C=O) groups is 1. The average Bonchev–Trinajstić information content (AvgIpc) is 2.48. The van der Waals surface area contributed by atoms with Crippen molar-refractivity contribution < 1.29 is 14.5 Å². The predicted molar refractivity (Wildman–Crippen MR) is 78.5 cm³/mol. The van der Waals surface area contributed by atoms with Gasteiger partial charge >= 0.3 is 0 Å². The van der Waals surface area contributed by atoms with Gasteiger partial charge in [-0.05, 0) is 6.42 Å². The summed E-state index contributed by atoms with van der Waals surface area (Å²) in [7, 11) is 0. The number of nitrogens with zero attached hydrogens (tertiary/aromatic N) is 2. The molecule has 1 heterocycles. The first-order chi connectivity index (χ1) is 9.95. The van der Waals surface area contributed by atoms with Crippen molar-refractivity contribution in [2.45, 2.75) is 19.4 Å². The molecule has 0 radical (unpaired) electrons. The summed E-state index contributed by atoms with van der Waals surface area (Å²) in [6, 6.07) is 2.25. The molecule has 0 saturated carbocycles. The number of carbonyl (C=O) groups excluding carboxylic acids is 1. The van der Waals surface area contributed by atoms with Gasteiger partial charge in [0.1, 0.15) is 0 Å². The van der Waals surface area contributed by atoms with Crippen LogP contribution in [0.4, 0.5) is 11.4 Å². The number of non-ortho nitro benzene ring substituents is 1. The molecule has 114 valence electrons. The van der Waals surface area contributed by atoms with Crippen molar-refractivity contribution in [3.8, 4) is 0 Å². The lowest BCUT2D eigenvalue weighted by molar-refractivity contribution is -0.384. The summed E-state index contributed by atoms with van der Waals surface area (Å²) in [6.45, 7) is 3.26. The van der Waals surface area contributed by atoms with Crippen LogP contribution in [-0.4, -0.2) is 41.5 Å². The topological polar surface area (TPSA) is 98.7 Å². The van der Waals surface area contributed by atoms with Gasteiger partial charge in [-0.15, -0.1) is 0 Å². The Hall–Kier alpha value is -1.86. The molecular formula is C13H16ClN3O4. The van der Waals surface area contributed by atoms with Gasteiger partial charge in [0.25, 0.3) is 11.6 Å². The molecule has 21 heavy (non-hydrogen) atoms. The van der Waals surface area contributed by atoms with E-state index in [1.54, 1.807) is 4.90 Å². The van der Waals surface area contributed by atoms with Crippen molar-refractivity contribution >= 4 is 28.9 Å². The Morgan fingerprint density at radius 2 is 2.33 bits per heavy atom. The van der Waals surface area contributed by atoms with Gasteiger partial charge in [0.15, 0.2) is 0 Å². The van der Waals surface area contributed by atoms with Crippen LogP contribution in [0.2, 0.25) is 5.02 Å². The van der Waals surface area contributed by atoms with Crippen LogP contribution in [0, 0.1) is 10.1 Å². The summed E-state index contributed by atoms with van der Waals surface area (Å²) in [6.07, 6.45) is 0.730. The summed E-state index contributed by atoms with van der Waals surface area (Å²) in [5, 5.41) is 10.9. The third kappa shape index (κ3) is 3.08. The number of benzene rings is 1. The normalized spacial score (nSPS) is 18.6. The zero-order valence-electron chi connectivity index (χ0n) is 11.5. The van der Waals surface area contributed by atoms with Gasteiger partial charge in [-0.1, -0.05) is 18.5 Å². The number of nitro groups is 1. The summed E-state index contributed by atoms with van der Waals surface area (Å²) >= 11 is 5.89. The lowest BCUT2D eigenvalue weighted by Crippen LogP contribution is -2.48. The molecule has 1 aliphatic heterocycles. The second-order valence-corrected chi connectivity index (χ2v) is 5.19. The maximum Gasteiger partial charge on any atom is 0.271 e. The van der Waals surface area contributed by atoms with Gasteiger partial charge in [-0.3, -0.25) is 14.9 Å². The van der Waals surface area contributed by atoms with Gasteiger partial charge in [-0.25, -0.2) is 0 Å². The zero-order valence-corrected chi connectivity index (χ0v) is 12.3. The van der Waals surface area contributed by atoms with E-state index < -0.39 is 4.92 Å². The summed E-state index contributed by atoms with van der Waals surface area (Å²) in [5.74, 6) is -0.353. The molecule has 0 aromatic heterocycles. The fourth-order valence-electron chi connectivity index (χ4n) is 2.30. The second-order valence-electron chi connectivity index (χ2n) is 4.78. The minimum Gasteiger partial charge on any atom is -0.397 e. The first-order valence-electron chi connectivity index (χ1n) is 6.57. The van der Waals surface area contributed by atoms with E-state index in [0.29, 0.717) is 19.8 Å². The van der Waals surface area contributed by atoms with Crippen LogP contribution >= 0.6 is 11.6 Å². The molecule has 1 saturated heterocycles. The van der Waals surface area contributed by atoms with E-state index in [1.807, 2.05) is 6.92 Å². The standard InChI is InChI=1S/C13H16ClN3O4/c1-2-8-7-21-4-3-16(8)13(18)10-5-9(17(19)20)6-11(14)12(10)15/h5-6,8H,2-4,7,15H2,1H3. The smallest absolute Gasteiger partial charge is 0.271 e. The van der Waals surface area contributed by atoms with E-state index in [4.69, 9.17) is 22.1 Å². The highest BCUT2D eigenvalue weighted by molar-refractivity contribution is 6.34. The Morgan fingerprint density at radius 3 is 2.95 bits per heavy atom. The molecule has 7 nitrogen and oxygen atoms in total. The van der Waals surface area contributed by atoms with Gasteiger partial charge in [-0.2, -0.15) is 0 Å². The van der Waals surface area contributed by atoms with E-state index in [0.717, 1.165) is 12.5 Å². The van der Waals surface area contributed by atoms with Crippen molar-refractivity contribution in [1.29, 1.82) is 0 Å². The van der Waals surface area contributed by atoms with Crippen LogP contribution < -0.4 is 5.73 Å². The summed E-state index contributed by atoms with van der Waals surface area (Å²) in [5.41, 5.74) is 5.69. The Bertz CT molecular complexity index is 579. The maximum atomic E-state index is 12.6. The van der Waals surface area contributed by atoms with Crippen LogP contribution in [0.15, 0.2) is 12.1 Å². The molecule has 0 aliphatic carbocycles. The number of halogens is 1. The molecule has 1 atom stereocenters. The number of ether oxygens (including phenoxy) is 1. The third-order valence-electron chi connectivity index (χ3n) is 3.52. The van der Waals surface area contributed by atoms with E-state index >= 15 is 0 Å². The fraction of sp³-hybridized carbons (Fsp3) is 0.462. The minimum atomic E-state index is -0.598. The number of nitro benzene ring substituents is 1. The molecular weight excluding hydrogens is 298 g/mol. The van der Waals surface area contributed by atoms with E-state index in [2.05, 4.69) is 0 Å². The summed E-state index contributed by atoms with van der Waals surface area (Å²) in [4.78, 5) is 24.6. The maximum absolute atomic E-state index is 12.6. The second kappa shape index (κ2) is 6.28. The number of anilines is 1. The molecule has 8 heteroatoms. The molecule has 0 bridgehead atoms. The van der Waals surface area contributed by atoms with Crippen molar-refractivity contribution in [3.63, 3.8) is 0 Å². The number of amides is 1. The Kier molecular flexibility index (Phi) is 4.64. The molecule has 1 aromatic rings. The molecule has 2 rings (SSSR count). The van der Waals surface area contributed by atoms with Crippen LogP contribution in [0.5, 0.6) is 0 Å². The number of nitrogens with two attached hydrogens (primary N) is 1. The molecule has 1 unspecified atom stereocenters. The van der Waals surface area contributed by atoms with Crippen LogP contribution in [0.25, 0.3) is 0 Å². The Morgan fingerprint density at radius 1 is 1.62 bits per heavy atom. The first kappa shape index (κ1) is 15.5. The first-order valence-corrected chi connectivity index (χ1v) is 6.95. The molecule has 1 aliphatic rings. The minimum absolute atomic E-state index is 0.00820. The molecule has 1 fully saturated rings. The monoisotopic (exact) mass is 313 g/mol. The Balaban J connectivity index is 2.40. The number of nitrogen functional groups attached to an aromatic ring is 1. The van der Waals surface area contributed by atoms with E-state index in [1.165, 1.54) is 6.07 Å². The third-order valence-corrected chi connectivity index (χ3v) is 3.83. The fourth-order valence-corrected chi connectivity index (χ4v) is 2.51. The van der Waals surface area contributed by atoms with Gasteiger partial charge < -0.3 is 15.4 Å². The van der Waals surface area contributed by atoms with Gasteiger partial charge in [0.2, 0.25) is 0 Å². The van der Waals surface area contributed by atoms with Gasteiger partial charge in [0, 0.05) is 18.7 Å². The number of morpholine rings is 1. The SMILES string of the molecule is CCC1COCCN1C(=O)c1cc([N+](=O)[O-])cc(Cl)c1N. The van der Waals surface area contributed by atoms with Crippen molar-refractivity contribution in [3.05, 3.63) is 32.8 Å². The number of hydrogen-bond donors (Lipinski definition) is 1. The zero-order chi connectivity index (χ0) is 15.6. The predicted octanol–water partition coefficient (Wildman–Crippen LogP) is 2.08. The highest BCUT2D eigenvalue weighted by Gasteiger charge is 2.29. The lowest BCUT2D eigenvalue weighted by atomic mass is 10.1. The van der Waals surface area contributed by atoms with Gasteiger partial charge in [0.05, 0.1) is 40.5 Å². The van der Waals surface area contributed by atoms with Crippen molar-refractivity contribution in [1.82, 2.24) is 4.90 Å². The molecule has 1 amide bonds.